The molecule has 2 aromatic rings. The van der Waals surface area contributed by atoms with Gasteiger partial charge >= 0.3 is 0 Å². The molecule has 0 aliphatic heterocycles. The standard InChI is InChI=1S/C12H14N2O2S2/c1-7-8(2)17-12(14-7)9-4-5-10(13)11(6-9)18(3,15)16/h4-6H,13H2,1-3H3. The molecule has 0 saturated carbocycles. The van der Waals surface area contributed by atoms with Gasteiger partial charge in [0.25, 0.3) is 0 Å². The molecule has 0 saturated heterocycles. The van der Waals surface area contributed by atoms with Gasteiger partial charge in [0.15, 0.2) is 9.84 Å². The third-order valence-corrected chi connectivity index (χ3v) is 4.96. The van der Waals surface area contributed by atoms with E-state index in [-0.39, 0.29) is 10.6 Å². The number of nitrogens with zero attached hydrogens (tertiary/aromatic N) is 1. The number of rotatable bonds is 2. The number of sulfone groups is 1. The Morgan fingerprint density at radius 1 is 1.28 bits per heavy atom. The highest BCUT2D eigenvalue weighted by Gasteiger charge is 2.14. The van der Waals surface area contributed by atoms with Crippen molar-refractivity contribution in [3.05, 3.63) is 28.8 Å². The zero-order chi connectivity index (χ0) is 13.5. The third-order valence-electron chi connectivity index (χ3n) is 2.69. The normalized spacial score (nSPS) is 11.7. The largest absolute Gasteiger partial charge is 0.398 e. The van der Waals surface area contributed by atoms with Crippen molar-refractivity contribution in [1.82, 2.24) is 4.98 Å². The van der Waals surface area contributed by atoms with Crippen LogP contribution in [0.2, 0.25) is 0 Å². The number of hydrogen-bond donors (Lipinski definition) is 1. The smallest absolute Gasteiger partial charge is 0.177 e. The third kappa shape index (κ3) is 2.39. The van der Waals surface area contributed by atoms with Gasteiger partial charge in [-0.1, -0.05) is 0 Å². The van der Waals surface area contributed by atoms with Gasteiger partial charge in [-0.3, -0.25) is 0 Å². The maximum absolute atomic E-state index is 11.6. The van der Waals surface area contributed by atoms with E-state index >= 15 is 0 Å². The van der Waals surface area contributed by atoms with E-state index in [0.29, 0.717) is 0 Å². The maximum atomic E-state index is 11.6. The minimum absolute atomic E-state index is 0.158. The average molecular weight is 282 g/mol. The lowest BCUT2D eigenvalue weighted by Crippen LogP contribution is -2.02. The number of hydrogen-bond acceptors (Lipinski definition) is 5. The molecule has 1 aromatic heterocycles. The van der Waals surface area contributed by atoms with Gasteiger partial charge in [-0.2, -0.15) is 0 Å². The summed E-state index contributed by atoms with van der Waals surface area (Å²) < 4.78 is 23.2. The van der Waals surface area contributed by atoms with Crippen molar-refractivity contribution in [2.24, 2.45) is 0 Å². The van der Waals surface area contributed by atoms with Crippen LogP contribution < -0.4 is 5.73 Å². The van der Waals surface area contributed by atoms with Gasteiger partial charge in [0.1, 0.15) is 5.01 Å². The van der Waals surface area contributed by atoms with Gasteiger partial charge in [-0.05, 0) is 32.0 Å². The fourth-order valence-corrected chi connectivity index (χ4v) is 3.33. The monoisotopic (exact) mass is 282 g/mol. The second-order valence-electron chi connectivity index (χ2n) is 4.19. The molecule has 4 nitrogen and oxygen atoms in total. The summed E-state index contributed by atoms with van der Waals surface area (Å²) >= 11 is 1.55. The molecule has 0 atom stereocenters. The second-order valence-corrected chi connectivity index (χ2v) is 7.37. The van der Waals surface area contributed by atoms with Crippen LogP contribution in [0.25, 0.3) is 10.6 Å². The molecule has 0 fully saturated rings. The van der Waals surface area contributed by atoms with Gasteiger partial charge in [0, 0.05) is 16.7 Å². The summed E-state index contributed by atoms with van der Waals surface area (Å²) in [5.41, 5.74) is 7.71. The van der Waals surface area contributed by atoms with Gasteiger partial charge in [0.05, 0.1) is 16.3 Å². The summed E-state index contributed by atoms with van der Waals surface area (Å²) in [5.74, 6) is 0. The summed E-state index contributed by atoms with van der Waals surface area (Å²) in [6, 6.07) is 4.99. The van der Waals surface area contributed by atoms with E-state index < -0.39 is 9.84 Å². The molecular formula is C12H14N2O2S2. The van der Waals surface area contributed by atoms with Crippen LogP contribution in [0, 0.1) is 13.8 Å². The van der Waals surface area contributed by atoms with Crippen LogP contribution in [0.4, 0.5) is 5.69 Å². The number of nitrogen functional groups attached to an aromatic ring is 1. The van der Waals surface area contributed by atoms with Gasteiger partial charge in [0.2, 0.25) is 0 Å². The number of benzene rings is 1. The summed E-state index contributed by atoms with van der Waals surface area (Å²) in [5, 5.41) is 0.815. The Morgan fingerprint density at radius 2 is 1.94 bits per heavy atom. The van der Waals surface area contributed by atoms with Crippen molar-refractivity contribution in [2.75, 3.05) is 12.0 Å². The minimum atomic E-state index is -3.32. The van der Waals surface area contributed by atoms with Crippen LogP contribution in [0.1, 0.15) is 10.6 Å². The van der Waals surface area contributed by atoms with Gasteiger partial charge in [-0.25, -0.2) is 13.4 Å². The molecule has 0 unspecified atom stereocenters. The Hall–Kier alpha value is -1.40. The summed E-state index contributed by atoms with van der Waals surface area (Å²) in [7, 11) is -3.32. The molecular weight excluding hydrogens is 268 g/mol. The SMILES string of the molecule is Cc1nc(-c2ccc(N)c(S(C)(=O)=O)c2)sc1C. The fraction of sp³-hybridized carbons (Fsp3) is 0.250. The Labute approximate surface area is 110 Å². The second kappa shape index (κ2) is 4.37. The molecule has 96 valence electrons. The molecule has 1 heterocycles. The molecule has 0 amide bonds. The molecule has 2 N–H and O–H groups in total. The van der Waals surface area contributed by atoms with E-state index in [4.69, 9.17) is 5.73 Å². The summed E-state index contributed by atoms with van der Waals surface area (Å²) in [4.78, 5) is 5.70. The Morgan fingerprint density at radius 3 is 2.44 bits per heavy atom. The van der Waals surface area contributed by atoms with Crippen LogP contribution in [0.3, 0.4) is 0 Å². The Kier molecular flexibility index (Phi) is 3.16. The molecule has 1 aromatic carbocycles. The van der Waals surface area contributed by atoms with Crippen LogP contribution in [0.15, 0.2) is 23.1 Å². The summed E-state index contributed by atoms with van der Waals surface area (Å²) in [6.07, 6.45) is 1.15. The predicted octanol–water partition coefficient (Wildman–Crippen LogP) is 2.41. The van der Waals surface area contributed by atoms with Crippen LogP contribution in [0.5, 0.6) is 0 Å². The number of aryl methyl sites for hydroxylation is 2. The van der Waals surface area contributed by atoms with E-state index in [0.717, 1.165) is 27.4 Å². The lowest BCUT2D eigenvalue weighted by molar-refractivity contribution is 0.602. The van der Waals surface area contributed by atoms with E-state index in [1.54, 1.807) is 29.5 Å². The van der Waals surface area contributed by atoms with Crippen molar-refractivity contribution >= 4 is 26.9 Å². The van der Waals surface area contributed by atoms with Crippen molar-refractivity contribution < 1.29 is 8.42 Å². The van der Waals surface area contributed by atoms with E-state index in [2.05, 4.69) is 4.98 Å². The highest BCUT2D eigenvalue weighted by Crippen LogP contribution is 2.30. The first-order valence-corrected chi connectivity index (χ1v) is 8.04. The van der Waals surface area contributed by atoms with Gasteiger partial charge < -0.3 is 5.73 Å². The quantitative estimate of drug-likeness (QED) is 0.858. The van der Waals surface area contributed by atoms with Crippen molar-refractivity contribution in [3.8, 4) is 10.6 Å². The first-order valence-electron chi connectivity index (χ1n) is 5.33. The lowest BCUT2D eigenvalue weighted by atomic mass is 10.2. The predicted molar refractivity (Wildman–Crippen MR) is 74.5 cm³/mol. The molecule has 0 aliphatic carbocycles. The van der Waals surface area contributed by atoms with Crippen LogP contribution in [-0.2, 0) is 9.84 Å². The highest BCUT2D eigenvalue weighted by atomic mass is 32.2. The van der Waals surface area contributed by atoms with Gasteiger partial charge in [-0.15, -0.1) is 11.3 Å². The maximum Gasteiger partial charge on any atom is 0.177 e. The van der Waals surface area contributed by atoms with Crippen molar-refractivity contribution in [3.63, 3.8) is 0 Å². The zero-order valence-electron chi connectivity index (χ0n) is 10.4. The van der Waals surface area contributed by atoms with Crippen molar-refractivity contribution in [2.45, 2.75) is 18.7 Å². The molecule has 2 rings (SSSR count). The first-order chi connectivity index (χ1) is 8.29. The molecule has 0 aliphatic rings. The number of nitrogens with two attached hydrogens (primary N) is 1. The minimum Gasteiger partial charge on any atom is -0.398 e. The molecule has 18 heavy (non-hydrogen) atoms. The number of thiazole rings is 1. The zero-order valence-corrected chi connectivity index (χ0v) is 12.0. The molecule has 0 bridgehead atoms. The van der Waals surface area contributed by atoms with Crippen molar-refractivity contribution in [1.29, 1.82) is 0 Å². The van der Waals surface area contributed by atoms with Crippen LogP contribution >= 0.6 is 11.3 Å². The highest BCUT2D eigenvalue weighted by molar-refractivity contribution is 7.90. The van der Waals surface area contributed by atoms with E-state index in [1.165, 1.54) is 0 Å². The Bertz CT molecular complexity index is 683. The number of anilines is 1. The van der Waals surface area contributed by atoms with E-state index in [9.17, 15) is 8.42 Å². The average Bonchev–Trinajstić information content (AvgIpc) is 2.58. The first kappa shape index (κ1) is 13.0. The summed E-state index contributed by atoms with van der Waals surface area (Å²) in [6.45, 7) is 3.93. The molecule has 0 spiro atoms. The topological polar surface area (TPSA) is 73.0 Å². The fourth-order valence-electron chi connectivity index (χ4n) is 1.58. The lowest BCUT2D eigenvalue weighted by Gasteiger charge is -2.05. The molecule has 0 radical (unpaired) electrons. The Balaban J connectivity index is 2.61. The van der Waals surface area contributed by atoms with E-state index in [1.807, 2.05) is 13.8 Å². The number of aromatic nitrogens is 1. The molecule has 6 heteroatoms. The van der Waals surface area contributed by atoms with Crippen LogP contribution in [-0.4, -0.2) is 19.7 Å².